The van der Waals surface area contributed by atoms with Crippen LogP contribution in [0.1, 0.15) is 37.8 Å². The molecule has 1 N–H and O–H groups in total. The van der Waals surface area contributed by atoms with Crippen LogP contribution in [-0.4, -0.2) is 47.1 Å². The van der Waals surface area contributed by atoms with Gasteiger partial charge in [-0.25, -0.2) is 0 Å². The van der Waals surface area contributed by atoms with Gasteiger partial charge in [-0.2, -0.15) is 0 Å². The Balaban J connectivity index is 1.90. The van der Waals surface area contributed by atoms with Gasteiger partial charge in [-0.1, -0.05) is 6.07 Å². The smallest absolute Gasteiger partial charge is 0.173 e. The Kier molecular flexibility index (Phi) is 5.81. The minimum absolute atomic E-state index is 0.608. The number of thiocarbonyl (C=S) groups is 1. The van der Waals surface area contributed by atoms with E-state index in [0.717, 1.165) is 23.9 Å². The van der Waals surface area contributed by atoms with Crippen LogP contribution in [0.15, 0.2) is 18.2 Å². The lowest BCUT2D eigenvalue weighted by Gasteiger charge is -2.39. The van der Waals surface area contributed by atoms with Gasteiger partial charge in [0.05, 0.1) is 0 Å². The molecule has 122 valence electrons. The first-order valence-electron chi connectivity index (χ1n) is 8.23. The number of nitrogens with zero attached hydrogens (tertiary/aromatic N) is 2. The molecule has 1 aromatic carbocycles. The van der Waals surface area contributed by atoms with Crippen molar-refractivity contribution in [2.24, 2.45) is 0 Å². The SMILES string of the molecule is Cc1cc(C)cc(NC(=S)N2CCC(N(C)C(C)C)CC2)c1. The molecule has 0 aliphatic carbocycles. The van der Waals surface area contributed by atoms with Gasteiger partial charge in [0.2, 0.25) is 0 Å². The lowest BCUT2D eigenvalue weighted by Crippen LogP contribution is -2.48. The molecule has 2 rings (SSSR count). The second-order valence-electron chi connectivity index (χ2n) is 6.78. The highest BCUT2D eigenvalue weighted by Crippen LogP contribution is 2.19. The number of rotatable bonds is 3. The molecule has 1 aliphatic heterocycles. The summed E-state index contributed by atoms with van der Waals surface area (Å²) >= 11 is 5.60. The first-order valence-corrected chi connectivity index (χ1v) is 8.64. The van der Waals surface area contributed by atoms with Crippen molar-refractivity contribution in [2.75, 3.05) is 25.5 Å². The number of piperidine rings is 1. The van der Waals surface area contributed by atoms with Gasteiger partial charge < -0.3 is 15.1 Å². The number of nitrogens with one attached hydrogen (secondary N) is 1. The molecule has 1 heterocycles. The largest absolute Gasteiger partial charge is 0.349 e. The van der Waals surface area contributed by atoms with Crippen molar-refractivity contribution in [1.82, 2.24) is 9.80 Å². The quantitative estimate of drug-likeness (QED) is 0.854. The fourth-order valence-electron chi connectivity index (χ4n) is 3.15. The maximum atomic E-state index is 5.60. The molecular weight excluding hydrogens is 290 g/mol. The van der Waals surface area contributed by atoms with Crippen molar-refractivity contribution in [3.63, 3.8) is 0 Å². The molecule has 0 atom stereocenters. The van der Waals surface area contributed by atoms with Crippen LogP contribution in [0.25, 0.3) is 0 Å². The van der Waals surface area contributed by atoms with Crippen LogP contribution in [0.3, 0.4) is 0 Å². The first kappa shape index (κ1) is 17.2. The Morgan fingerprint density at radius 1 is 1.18 bits per heavy atom. The second-order valence-corrected chi connectivity index (χ2v) is 7.17. The molecule has 1 fully saturated rings. The number of hydrogen-bond donors (Lipinski definition) is 1. The average molecular weight is 320 g/mol. The monoisotopic (exact) mass is 319 g/mol. The first-order chi connectivity index (χ1) is 10.4. The lowest BCUT2D eigenvalue weighted by atomic mass is 10.0. The summed E-state index contributed by atoms with van der Waals surface area (Å²) in [6.07, 6.45) is 2.37. The van der Waals surface area contributed by atoms with Gasteiger partial charge in [0.1, 0.15) is 0 Å². The molecule has 0 unspecified atom stereocenters. The zero-order chi connectivity index (χ0) is 16.3. The third kappa shape index (κ3) is 4.43. The van der Waals surface area contributed by atoms with E-state index in [2.05, 4.69) is 68.1 Å². The minimum Gasteiger partial charge on any atom is -0.349 e. The fraction of sp³-hybridized carbons (Fsp3) is 0.611. The van der Waals surface area contributed by atoms with Crippen molar-refractivity contribution >= 4 is 23.0 Å². The van der Waals surface area contributed by atoms with Crippen LogP contribution in [0.2, 0.25) is 0 Å². The predicted octanol–water partition coefficient (Wildman–Crippen LogP) is 3.80. The van der Waals surface area contributed by atoms with Gasteiger partial charge in [0, 0.05) is 30.9 Å². The number of likely N-dealkylation sites (tertiary alicyclic amines) is 1. The molecule has 1 saturated heterocycles. The average Bonchev–Trinajstić information content (AvgIpc) is 2.45. The molecule has 0 aromatic heterocycles. The summed E-state index contributed by atoms with van der Waals surface area (Å²) in [5.41, 5.74) is 3.63. The summed E-state index contributed by atoms with van der Waals surface area (Å²) in [5.74, 6) is 0. The van der Waals surface area contributed by atoms with Crippen LogP contribution in [0.5, 0.6) is 0 Å². The molecule has 0 spiro atoms. The zero-order valence-electron chi connectivity index (χ0n) is 14.5. The molecule has 0 saturated carbocycles. The van der Waals surface area contributed by atoms with Crippen molar-refractivity contribution in [3.05, 3.63) is 29.3 Å². The van der Waals surface area contributed by atoms with Crippen LogP contribution in [0.4, 0.5) is 5.69 Å². The number of anilines is 1. The maximum Gasteiger partial charge on any atom is 0.173 e. The van der Waals surface area contributed by atoms with Crippen LogP contribution >= 0.6 is 12.2 Å². The molecule has 3 nitrogen and oxygen atoms in total. The molecule has 4 heteroatoms. The van der Waals surface area contributed by atoms with Crippen molar-refractivity contribution in [2.45, 2.75) is 52.6 Å². The van der Waals surface area contributed by atoms with E-state index in [4.69, 9.17) is 12.2 Å². The molecule has 1 aromatic rings. The van der Waals surface area contributed by atoms with E-state index < -0.39 is 0 Å². The van der Waals surface area contributed by atoms with E-state index in [1.165, 1.54) is 24.0 Å². The second kappa shape index (κ2) is 7.42. The highest BCUT2D eigenvalue weighted by atomic mass is 32.1. The minimum atomic E-state index is 0.608. The van der Waals surface area contributed by atoms with E-state index in [0.29, 0.717) is 12.1 Å². The van der Waals surface area contributed by atoms with Gasteiger partial charge in [0.25, 0.3) is 0 Å². The predicted molar refractivity (Wildman–Crippen MR) is 99.6 cm³/mol. The lowest BCUT2D eigenvalue weighted by molar-refractivity contribution is 0.136. The standard InChI is InChI=1S/C18H29N3S/c1-13(2)20(5)17-6-8-21(9-7-17)18(22)19-16-11-14(3)10-15(4)12-16/h10-13,17H,6-9H2,1-5H3,(H,19,22). The fourth-order valence-corrected chi connectivity index (χ4v) is 3.45. The summed E-state index contributed by atoms with van der Waals surface area (Å²) in [7, 11) is 2.23. The van der Waals surface area contributed by atoms with E-state index >= 15 is 0 Å². The van der Waals surface area contributed by atoms with Crippen molar-refractivity contribution in [3.8, 4) is 0 Å². The summed E-state index contributed by atoms with van der Waals surface area (Å²) < 4.78 is 0. The highest BCUT2D eigenvalue weighted by molar-refractivity contribution is 7.80. The topological polar surface area (TPSA) is 18.5 Å². The van der Waals surface area contributed by atoms with Gasteiger partial charge >= 0.3 is 0 Å². The molecular formula is C18H29N3S. The van der Waals surface area contributed by atoms with Gasteiger partial charge in [-0.15, -0.1) is 0 Å². The third-order valence-corrected chi connectivity index (χ3v) is 4.98. The van der Waals surface area contributed by atoms with Crippen LogP contribution in [-0.2, 0) is 0 Å². The van der Waals surface area contributed by atoms with Gasteiger partial charge in [-0.3, -0.25) is 0 Å². The molecule has 0 bridgehead atoms. The summed E-state index contributed by atoms with van der Waals surface area (Å²) in [6, 6.07) is 7.77. The van der Waals surface area contributed by atoms with E-state index in [9.17, 15) is 0 Å². The van der Waals surface area contributed by atoms with Gasteiger partial charge in [-0.05, 0) is 83.1 Å². The van der Waals surface area contributed by atoms with Gasteiger partial charge in [0.15, 0.2) is 5.11 Å². The summed E-state index contributed by atoms with van der Waals surface area (Å²) in [6.45, 7) is 10.8. The Bertz CT molecular complexity index is 499. The normalized spacial score (nSPS) is 16.4. The number of aryl methyl sites for hydroxylation is 2. The molecule has 1 aliphatic rings. The number of benzene rings is 1. The Hall–Kier alpha value is -1.13. The Morgan fingerprint density at radius 2 is 1.73 bits per heavy atom. The van der Waals surface area contributed by atoms with Crippen LogP contribution < -0.4 is 5.32 Å². The zero-order valence-corrected chi connectivity index (χ0v) is 15.3. The van der Waals surface area contributed by atoms with Crippen molar-refractivity contribution in [1.29, 1.82) is 0 Å². The molecule has 0 radical (unpaired) electrons. The molecule has 22 heavy (non-hydrogen) atoms. The Morgan fingerprint density at radius 3 is 2.23 bits per heavy atom. The van der Waals surface area contributed by atoms with E-state index in [1.807, 2.05) is 0 Å². The Labute approximate surface area is 140 Å². The van der Waals surface area contributed by atoms with Crippen molar-refractivity contribution < 1.29 is 0 Å². The third-order valence-electron chi connectivity index (χ3n) is 4.62. The highest BCUT2D eigenvalue weighted by Gasteiger charge is 2.24. The maximum absolute atomic E-state index is 5.60. The summed E-state index contributed by atoms with van der Waals surface area (Å²) in [4.78, 5) is 4.79. The number of hydrogen-bond acceptors (Lipinski definition) is 2. The van der Waals surface area contributed by atoms with E-state index in [1.54, 1.807) is 0 Å². The summed E-state index contributed by atoms with van der Waals surface area (Å²) in [5, 5.41) is 4.26. The van der Waals surface area contributed by atoms with Crippen LogP contribution in [0, 0.1) is 13.8 Å². The van der Waals surface area contributed by atoms with E-state index in [-0.39, 0.29) is 0 Å². The molecule has 0 amide bonds.